The number of aliphatic hydroxyl groups excluding tert-OH is 1. The quantitative estimate of drug-likeness (QED) is 0.799. The van der Waals surface area contributed by atoms with Gasteiger partial charge >= 0.3 is 0 Å². The van der Waals surface area contributed by atoms with E-state index in [2.05, 4.69) is 6.92 Å². The fourth-order valence-corrected chi connectivity index (χ4v) is 1.51. The Kier molecular flexibility index (Phi) is 3.89. The van der Waals surface area contributed by atoms with Gasteiger partial charge in [-0.25, -0.2) is 4.39 Å². The van der Waals surface area contributed by atoms with Gasteiger partial charge in [-0.3, -0.25) is 0 Å². The van der Waals surface area contributed by atoms with Crippen LogP contribution in [0.3, 0.4) is 0 Å². The molecule has 0 saturated carbocycles. The van der Waals surface area contributed by atoms with Crippen molar-refractivity contribution < 1.29 is 9.50 Å². The predicted molar refractivity (Wildman–Crippen MR) is 55.9 cm³/mol. The zero-order valence-electron chi connectivity index (χ0n) is 8.63. The van der Waals surface area contributed by atoms with E-state index >= 15 is 0 Å². The number of aliphatic hydroxyl groups is 1. The number of nitrogens with zero attached hydrogens (tertiary/aromatic N) is 1. The van der Waals surface area contributed by atoms with Crippen LogP contribution in [-0.2, 0) is 6.61 Å². The van der Waals surface area contributed by atoms with E-state index in [9.17, 15) is 4.39 Å². The van der Waals surface area contributed by atoms with Crippen molar-refractivity contribution in [3.05, 3.63) is 29.6 Å². The molecule has 0 heterocycles. The molecule has 1 N–H and O–H groups in total. The van der Waals surface area contributed by atoms with Gasteiger partial charge in [-0.05, 0) is 24.6 Å². The summed E-state index contributed by atoms with van der Waals surface area (Å²) in [5, 5.41) is 9.07. The van der Waals surface area contributed by atoms with Crippen molar-refractivity contribution in [3.8, 4) is 0 Å². The van der Waals surface area contributed by atoms with Crippen LogP contribution in [0.4, 0.5) is 10.1 Å². The van der Waals surface area contributed by atoms with E-state index in [0.29, 0.717) is 5.56 Å². The van der Waals surface area contributed by atoms with E-state index in [-0.39, 0.29) is 12.4 Å². The first-order valence-corrected chi connectivity index (χ1v) is 4.79. The van der Waals surface area contributed by atoms with E-state index in [1.165, 1.54) is 12.1 Å². The van der Waals surface area contributed by atoms with Crippen molar-refractivity contribution in [1.29, 1.82) is 0 Å². The Morgan fingerprint density at radius 3 is 2.71 bits per heavy atom. The van der Waals surface area contributed by atoms with Gasteiger partial charge in [0.2, 0.25) is 0 Å². The molecular weight excluding hydrogens is 181 g/mol. The molecule has 0 aliphatic rings. The smallest absolute Gasteiger partial charge is 0.123 e. The van der Waals surface area contributed by atoms with Gasteiger partial charge in [-0.15, -0.1) is 0 Å². The normalized spacial score (nSPS) is 10.3. The molecule has 3 heteroatoms. The number of benzene rings is 1. The molecule has 14 heavy (non-hydrogen) atoms. The van der Waals surface area contributed by atoms with Crippen LogP contribution in [0.5, 0.6) is 0 Å². The summed E-state index contributed by atoms with van der Waals surface area (Å²) in [6.45, 7) is 2.86. The molecule has 1 rings (SSSR count). The van der Waals surface area contributed by atoms with Crippen molar-refractivity contribution >= 4 is 5.69 Å². The minimum absolute atomic E-state index is 0.124. The molecule has 1 aromatic rings. The van der Waals surface area contributed by atoms with Crippen LogP contribution in [0.25, 0.3) is 0 Å². The van der Waals surface area contributed by atoms with Gasteiger partial charge in [0.05, 0.1) is 6.61 Å². The Morgan fingerprint density at radius 2 is 2.14 bits per heavy atom. The van der Waals surface area contributed by atoms with Crippen molar-refractivity contribution in [3.63, 3.8) is 0 Å². The van der Waals surface area contributed by atoms with Gasteiger partial charge in [0.15, 0.2) is 0 Å². The van der Waals surface area contributed by atoms with Gasteiger partial charge < -0.3 is 10.0 Å². The third-order valence-electron chi connectivity index (χ3n) is 2.18. The maximum absolute atomic E-state index is 12.9. The molecule has 0 aromatic heterocycles. The minimum atomic E-state index is -0.303. The maximum Gasteiger partial charge on any atom is 0.123 e. The zero-order chi connectivity index (χ0) is 10.6. The average molecular weight is 197 g/mol. The van der Waals surface area contributed by atoms with Gasteiger partial charge in [-0.1, -0.05) is 6.92 Å². The molecule has 2 nitrogen and oxygen atoms in total. The van der Waals surface area contributed by atoms with Crippen molar-refractivity contribution in [2.24, 2.45) is 0 Å². The molecular formula is C11H16FNO. The Hall–Kier alpha value is -1.09. The molecule has 0 atom stereocenters. The molecule has 78 valence electrons. The summed E-state index contributed by atoms with van der Waals surface area (Å²) < 4.78 is 12.9. The summed E-state index contributed by atoms with van der Waals surface area (Å²) in [6.07, 6.45) is 1.03. The van der Waals surface area contributed by atoms with Crippen molar-refractivity contribution in [2.75, 3.05) is 18.5 Å². The summed E-state index contributed by atoms with van der Waals surface area (Å²) in [5.41, 5.74) is 1.54. The molecule has 0 aliphatic heterocycles. The van der Waals surface area contributed by atoms with Crippen LogP contribution in [0.2, 0.25) is 0 Å². The second-order valence-electron chi connectivity index (χ2n) is 3.35. The van der Waals surface area contributed by atoms with Crippen LogP contribution < -0.4 is 4.90 Å². The molecule has 0 radical (unpaired) electrons. The summed E-state index contributed by atoms with van der Waals surface area (Å²) in [4.78, 5) is 2.02. The summed E-state index contributed by atoms with van der Waals surface area (Å²) in [5.74, 6) is -0.303. The Balaban J connectivity index is 2.95. The molecule has 1 aromatic carbocycles. The lowest BCUT2D eigenvalue weighted by atomic mass is 10.1. The largest absolute Gasteiger partial charge is 0.392 e. The van der Waals surface area contributed by atoms with Gasteiger partial charge in [-0.2, -0.15) is 0 Å². The van der Waals surface area contributed by atoms with E-state index in [4.69, 9.17) is 5.11 Å². The van der Waals surface area contributed by atoms with Crippen LogP contribution in [-0.4, -0.2) is 18.7 Å². The number of anilines is 1. The van der Waals surface area contributed by atoms with E-state index in [0.717, 1.165) is 18.7 Å². The van der Waals surface area contributed by atoms with Crippen LogP contribution in [0, 0.1) is 5.82 Å². The zero-order valence-corrected chi connectivity index (χ0v) is 8.63. The highest BCUT2D eigenvalue weighted by atomic mass is 19.1. The lowest BCUT2D eigenvalue weighted by Gasteiger charge is -2.21. The monoisotopic (exact) mass is 197 g/mol. The third-order valence-corrected chi connectivity index (χ3v) is 2.18. The summed E-state index contributed by atoms with van der Waals surface area (Å²) in [7, 11) is 1.94. The minimum Gasteiger partial charge on any atom is -0.392 e. The van der Waals surface area contributed by atoms with Gasteiger partial charge in [0.1, 0.15) is 5.82 Å². The van der Waals surface area contributed by atoms with Crippen LogP contribution in [0.1, 0.15) is 18.9 Å². The van der Waals surface area contributed by atoms with Crippen LogP contribution >= 0.6 is 0 Å². The highest BCUT2D eigenvalue weighted by Gasteiger charge is 2.06. The number of hydrogen-bond acceptors (Lipinski definition) is 2. The third kappa shape index (κ3) is 2.45. The SMILES string of the molecule is CCCN(C)c1ccc(F)cc1CO. The molecule has 0 amide bonds. The number of rotatable bonds is 4. The van der Waals surface area contributed by atoms with E-state index in [1.54, 1.807) is 6.07 Å². The lowest BCUT2D eigenvalue weighted by molar-refractivity contribution is 0.281. The Labute approximate surface area is 84.0 Å². The highest BCUT2D eigenvalue weighted by Crippen LogP contribution is 2.20. The van der Waals surface area contributed by atoms with Gasteiger partial charge in [0, 0.05) is 24.8 Å². The molecule has 0 bridgehead atoms. The fraction of sp³-hybridized carbons (Fsp3) is 0.455. The lowest BCUT2D eigenvalue weighted by Crippen LogP contribution is -2.19. The molecule has 0 aliphatic carbocycles. The summed E-state index contributed by atoms with van der Waals surface area (Å²) in [6, 6.07) is 4.50. The first-order chi connectivity index (χ1) is 6.69. The fourth-order valence-electron chi connectivity index (χ4n) is 1.51. The highest BCUT2D eigenvalue weighted by molar-refractivity contribution is 5.52. The number of hydrogen-bond donors (Lipinski definition) is 1. The first-order valence-electron chi connectivity index (χ1n) is 4.79. The second-order valence-corrected chi connectivity index (χ2v) is 3.35. The van der Waals surface area contributed by atoms with Crippen molar-refractivity contribution in [1.82, 2.24) is 0 Å². The first kappa shape index (κ1) is 11.0. The van der Waals surface area contributed by atoms with Gasteiger partial charge in [0.25, 0.3) is 0 Å². The van der Waals surface area contributed by atoms with E-state index < -0.39 is 0 Å². The van der Waals surface area contributed by atoms with Crippen molar-refractivity contribution in [2.45, 2.75) is 20.0 Å². The Bertz CT molecular complexity index is 301. The molecule has 0 spiro atoms. The second kappa shape index (κ2) is 4.96. The average Bonchev–Trinajstić information content (AvgIpc) is 2.17. The molecule has 0 unspecified atom stereocenters. The molecule has 0 fully saturated rings. The predicted octanol–water partition coefficient (Wildman–Crippen LogP) is 2.16. The standard InChI is InChI=1S/C11H16FNO/c1-3-6-13(2)11-5-4-10(12)7-9(11)8-14/h4-5,7,14H,3,6,8H2,1-2H3. The van der Waals surface area contributed by atoms with Crippen LogP contribution in [0.15, 0.2) is 18.2 Å². The maximum atomic E-state index is 12.9. The van der Waals surface area contributed by atoms with E-state index in [1.807, 2.05) is 11.9 Å². The topological polar surface area (TPSA) is 23.5 Å². The number of halogens is 1. The Morgan fingerprint density at radius 1 is 1.43 bits per heavy atom. The summed E-state index contributed by atoms with van der Waals surface area (Å²) >= 11 is 0. The molecule has 0 saturated heterocycles.